The van der Waals surface area contributed by atoms with Crippen LogP contribution in [0.3, 0.4) is 0 Å². The molecule has 1 aromatic carbocycles. The van der Waals surface area contributed by atoms with Crippen molar-refractivity contribution in [2.24, 2.45) is 0 Å². The minimum absolute atomic E-state index is 0.0576. The lowest BCUT2D eigenvalue weighted by atomic mass is 10.2. The van der Waals surface area contributed by atoms with Crippen molar-refractivity contribution in [3.05, 3.63) is 64.3 Å². The summed E-state index contributed by atoms with van der Waals surface area (Å²) in [6.07, 6.45) is 1.43. The van der Waals surface area contributed by atoms with Crippen LogP contribution in [0.15, 0.2) is 53.3 Å². The molecule has 134 valence electrons. The fourth-order valence-electron chi connectivity index (χ4n) is 3.07. The maximum Gasteiger partial charge on any atom is 0.276 e. The zero-order valence-electron chi connectivity index (χ0n) is 14.1. The third-order valence-corrected chi connectivity index (χ3v) is 5.82. The van der Waals surface area contributed by atoms with Gasteiger partial charge in [-0.3, -0.25) is 9.69 Å². The number of carbonyl (C=O) groups excluding carboxylic acids is 1. The third-order valence-electron chi connectivity index (χ3n) is 4.47. The zero-order valence-corrected chi connectivity index (χ0v) is 15.7. The van der Waals surface area contributed by atoms with Crippen LogP contribution >= 0.6 is 22.9 Å². The monoisotopic (exact) mass is 387 g/mol. The highest BCUT2D eigenvalue weighted by atomic mass is 35.5. The molecule has 1 fully saturated rings. The molecule has 3 aromatic rings. The fraction of sp³-hybridized carbons (Fsp3) is 0.263. The first kappa shape index (κ1) is 17.3. The van der Waals surface area contributed by atoms with Gasteiger partial charge in [-0.05, 0) is 29.8 Å². The molecule has 3 heterocycles. The molecule has 5 nitrogen and oxygen atoms in total. The number of carbonyl (C=O) groups is 1. The van der Waals surface area contributed by atoms with E-state index in [9.17, 15) is 4.79 Å². The number of hydrogen-bond donors (Lipinski definition) is 0. The van der Waals surface area contributed by atoms with E-state index in [0.717, 1.165) is 30.2 Å². The van der Waals surface area contributed by atoms with Gasteiger partial charge >= 0.3 is 0 Å². The van der Waals surface area contributed by atoms with Crippen molar-refractivity contribution in [1.82, 2.24) is 15.0 Å². The number of benzene rings is 1. The van der Waals surface area contributed by atoms with Gasteiger partial charge in [0.2, 0.25) is 0 Å². The van der Waals surface area contributed by atoms with E-state index in [0.29, 0.717) is 18.8 Å². The van der Waals surface area contributed by atoms with Crippen LogP contribution in [0.25, 0.3) is 10.4 Å². The summed E-state index contributed by atoms with van der Waals surface area (Å²) in [5.74, 6) is -0.0576. The first-order valence-corrected chi connectivity index (χ1v) is 9.65. The molecule has 0 radical (unpaired) electrons. The van der Waals surface area contributed by atoms with Crippen LogP contribution < -0.4 is 0 Å². The normalized spacial score (nSPS) is 15.3. The van der Waals surface area contributed by atoms with Crippen LogP contribution in [0, 0.1) is 0 Å². The average Bonchev–Trinajstić information content (AvgIpc) is 3.34. The molecule has 0 atom stereocenters. The van der Waals surface area contributed by atoms with Crippen LogP contribution in [-0.2, 0) is 6.54 Å². The van der Waals surface area contributed by atoms with Gasteiger partial charge in [0.15, 0.2) is 5.69 Å². The number of aromatic nitrogens is 1. The van der Waals surface area contributed by atoms with Crippen molar-refractivity contribution < 1.29 is 9.32 Å². The molecular formula is C19H18ClN3O2S. The van der Waals surface area contributed by atoms with Gasteiger partial charge in [0, 0.05) is 53.6 Å². The van der Waals surface area contributed by atoms with Gasteiger partial charge in [-0.25, -0.2) is 0 Å². The Hall–Kier alpha value is -2.15. The summed E-state index contributed by atoms with van der Waals surface area (Å²) in [4.78, 5) is 19.0. The number of halogens is 1. The summed E-state index contributed by atoms with van der Waals surface area (Å²) < 4.78 is 4.76. The summed E-state index contributed by atoms with van der Waals surface area (Å²) in [6.45, 7) is 4.02. The molecule has 1 saturated heterocycles. The third kappa shape index (κ3) is 3.82. The molecule has 1 aliphatic rings. The lowest BCUT2D eigenvalue weighted by molar-refractivity contribution is 0.0619. The van der Waals surface area contributed by atoms with Crippen LogP contribution in [0.2, 0.25) is 5.02 Å². The van der Waals surface area contributed by atoms with Crippen molar-refractivity contribution in [1.29, 1.82) is 0 Å². The van der Waals surface area contributed by atoms with Crippen LogP contribution in [-0.4, -0.2) is 47.0 Å². The molecule has 0 spiro atoms. The number of piperazine rings is 1. The van der Waals surface area contributed by atoms with Crippen LogP contribution in [0.4, 0.5) is 0 Å². The molecule has 0 bridgehead atoms. The lowest BCUT2D eigenvalue weighted by Crippen LogP contribution is -2.48. The van der Waals surface area contributed by atoms with E-state index in [4.69, 9.17) is 16.1 Å². The molecule has 0 aliphatic carbocycles. The highest BCUT2D eigenvalue weighted by Gasteiger charge is 2.23. The van der Waals surface area contributed by atoms with Gasteiger partial charge in [-0.1, -0.05) is 28.9 Å². The molecule has 1 aliphatic heterocycles. The number of nitrogens with zero attached hydrogens (tertiary/aromatic N) is 3. The van der Waals surface area contributed by atoms with E-state index in [-0.39, 0.29) is 5.91 Å². The van der Waals surface area contributed by atoms with Crippen molar-refractivity contribution >= 4 is 28.8 Å². The predicted octanol–water partition coefficient (Wildman–Crippen LogP) is 4.01. The first-order valence-electron chi connectivity index (χ1n) is 8.46. The highest BCUT2D eigenvalue weighted by molar-refractivity contribution is 7.15. The largest absolute Gasteiger partial charge is 0.364 e. The van der Waals surface area contributed by atoms with Crippen molar-refractivity contribution in [2.45, 2.75) is 6.54 Å². The van der Waals surface area contributed by atoms with E-state index in [2.05, 4.69) is 28.3 Å². The molecule has 0 saturated carbocycles. The zero-order chi connectivity index (χ0) is 17.9. The average molecular weight is 388 g/mol. The van der Waals surface area contributed by atoms with Gasteiger partial charge < -0.3 is 9.42 Å². The van der Waals surface area contributed by atoms with Gasteiger partial charge in [0.25, 0.3) is 5.91 Å². The second-order valence-corrected chi connectivity index (χ2v) is 7.83. The molecular weight excluding hydrogens is 370 g/mol. The topological polar surface area (TPSA) is 49.6 Å². The van der Waals surface area contributed by atoms with Crippen molar-refractivity contribution in [3.8, 4) is 10.4 Å². The summed E-state index contributed by atoms with van der Waals surface area (Å²) in [7, 11) is 0. The molecule has 0 unspecified atom stereocenters. The fourth-order valence-corrected chi connectivity index (χ4v) is 4.31. The van der Waals surface area contributed by atoms with Crippen LogP contribution in [0.5, 0.6) is 0 Å². The van der Waals surface area contributed by atoms with Gasteiger partial charge in [-0.2, -0.15) is 0 Å². The SMILES string of the molecule is O=C(c1ccon1)N1CCN(Cc2ccc(-c3cccc(Cl)c3)s2)CC1. The molecule has 1 amide bonds. The first-order chi connectivity index (χ1) is 12.7. The maximum absolute atomic E-state index is 12.3. The number of amides is 1. The summed E-state index contributed by atoms with van der Waals surface area (Å²) in [5.41, 5.74) is 1.53. The van der Waals surface area contributed by atoms with Gasteiger partial charge in [-0.15, -0.1) is 11.3 Å². The maximum atomic E-state index is 12.3. The summed E-state index contributed by atoms with van der Waals surface area (Å²) in [5, 5.41) is 4.48. The Morgan fingerprint density at radius 3 is 2.73 bits per heavy atom. The Labute approximate surface area is 160 Å². The number of hydrogen-bond acceptors (Lipinski definition) is 5. The molecule has 2 aromatic heterocycles. The van der Waals surface area contributed by atoms with E-state index in [1.54, 1.807) is 17.4 Å². The van der Waals surface area contributed by atoms with Crippen molar-refractivity contribution in [2.75, 3.05) is 26.2 Å². The van der Waals surface area contributed by atoms with E-state index < -0.39 is 0 Å². The second kappa shape index (κ2) is 7.61. The number of thiophene rings is 1. The second-order valence-electron chi connectivity index (χ2n) is 6.23. The van der Waals surface area contributed by atoms with E-state index in [1.807, 2.05) is 23.1 Å². The lowest BCUT2D eigenvalue weighted by Gasteiger charge is -2.34. The molecule has 0 N–H and O–H groups in total. The molecule has 7 heteroatoms. The number of rotatable bonds is 4. The Morgan fingerprint density at radius 1 is 1.15 bits per heavy atom. The predicted molar refractivity (Wildman–Crippen MR) is 102 cm³/mol. The molecule has 26 heavy (non-hydrogen) atoms. The van der Waals surface area contributed by atoms with E-state index in [1.165, 1.54) is 16.0 Å². The standard InChI is InChI=1S/C19H18ClN3O2S/c20-15-3-1-2-14(12-15)18-5-4-16(26-18)13-22-7-9-23(10-8-22)19(24)17-6-11-25-21-17/h1-6,11-12H,7-10,13H2. The summed E-state index contributed by atoms with van der Waals surface area (Å²) in [6, 6.07) is 13.9. The molecule has 4 rings (SSSR count). The Morgan fingerprint density at radius 2 is 2.00 bits per heavy atom. The van der Waals surface area contributed by atoms with Gasteiger partial charge in [0.05, 0.1) is 0 Å². The minimum atomic E-state index is -0.0576. The van der Waals surface area contributed by atoms with Crippen molar-refractivity contribution in [3.63, 3.8) is 0 Å². The Kier molecular flexibility index (Phi) is 5.06. The minimum Gasteiger partial charge on any atom is -0.364 e. The van der Waals surface area contributed by atoms with Crippen LogP contribution in [0.1, 0.15) is 15.4 Å². The Balaban J connectivity index is 1.34. The Bertz CT molecular complexity index is 886. The van der Waals surface area contributed by atoms with E-state index >= 15 is 0 Å². The quantitative estimate of drug-likeness (QED) is 0.678. The summed E-state index contributed by atoms with van der Waals surface area (Å²) >= 11 is 7.88. The smallest absolute Gasteiger partial charge is 0.276 e. The van der Waals surface area contributed by atoms with Gasteiger partial charge in [0.1, 0.15) is 6.26 Å². The highest BCUT2D eigenvalue weighted by Crippen LogP contribution is 2.30.